The van der Waals surface area contributed by atoms with Crippen molar-refractivity contribution in [3.63, 3.8) is 0 Å². The molecule has 0 atom stereocenters. The van der Waals surface area contributed by atoms with Crippen LogP contribution in [0.25, 0.3) is 76.2 Å². The zero-order valence-corrected chi connectivity index (χ0v) is 37.9. The summed E-state index contributed by atoms with van der Waals surface area (Å²) in [5.41, 5.74) is 16.2. The Bertz CT molecular complexity index is 3650. The van der Waals surface area contributed by atoms with Crippen LogP contribution in [0.2, 0.25) is 0 Å². The molecule has 0 unspecified atom stereocenters. The SMILES string of the molecule is Cc1ccc(N(c2cc(N(c3ccc(C)c(C)c3)c3cccc4c3oc3ccccc34)c3ccc4cc(C5CCCCC5)cc5ccc2c3c54)c2cccc3c2oc2ccccc23)cc1C. The zero-order valence-electron chi connectivity index (χ0n) is 37.9. The Morgan fingerprint density at radius 3 is 1.36 bits per heavy atom. The molecular weight excluding hydrogens is 805 g/mol. The molecule has 1 fully saturated rings. The van der Waals surface area contributed by atoms with Crippen LogP contribution < -0.4 is 9.80 Å². The van der Waals surface area contributed by atoms with Gasteiger partial charge in [-0.05, 0) is 145 Å². The number of benzene rings is 10. The van der Waals surface area contributed by atoms with E-state index in [0.717, 1.165) is 78.0 Å². The van der Waals surface area contributed by atoms with Crippen molar-refractivity contribution < 1.29 is 8.83 Å². The molecule has 2 aromatic heterocycles. The van der Waals surface area contributed by atoms with Gasteiger partial charge in [-0.25, -0.2) is 0 Å². The molecule has 12 aromatic rings. The molecule has 4 heteroatoms. The number of nitrogens with zero attached hydrogens (tertiary/aromatic N) is 2. The predicted octanol–water partition coefficient (Wildman–Crippen LogP) is 18.6. The molecule has 13 rings (SSSR count). The maximum Gasteiger partial charge on any atom is 0.159 e. The standard InChI is InChI=1S/C62H50N2O2/c1-37-24-28-45(32-39(37)3)63(53-20-12-18-49-47-16-8-10-22-57(47)65-61(49)53)55-36-56(52-31-27-43-35-44(41-14-6-5-7-15-41)34-42-26-30-51(55)60(52)59(42)43)64(46-29-25-38(2)40(4)33-46)54-21-13-19-50-48-17-9-11-23-58(48)66-62(50)54/h8-13,16-36,41H,5-7,14-15H2,1-4H3. The van der Waals surface area contributed by atoms with Crippen LogP contribution in [0, 0.1) is 27.7 Å². The second-order valence-electron chi connectivity index (χ2n) is 18.9. The summed E-state index contributed by atoms with van der Waals surface area (Å²) in [6, 6.07) is 60.7. The number of hydrogen-bond donors (Lipinski definition) is 0. The minimum atomic E-state index is 0.598. The number of hydrogen-bond acceptors (Lipinski definition) is 4. The maximum atomic E-state index is 6.91. The van der Waals surface area contributed by atoms with Crippen molar-refractivity contribution in [1.29, 1.82) is 0 Å². The average Bonchev–Trinajstić information content (AvgIpc) is 3.93. The number of para-hydroxylation sites is 4. The van der Waals surface area contributed by atoms with Gasteiger partial charge in [0, 0.05) is 49.1 Å². The minimum absolute atomic E-state index is 0.598. The van der Waals surface area contributed by atoms with Crippen LogP contribution in [-0.2, 0) is 0 Å². The van der Waals surface area contributed by atoms with Gasteiger partial charge in [0.15, 0.2) is 11.2 Å². The van der Waals surface area contributed by atoms with Crippen LogP contribution in [0.15, 0.2) is 173 Å². The summed E-state index contributed by atoms with van der Waals surface area (Å²) in [6.07, 6.45) is 6.48. The molecule has 0 spiro atoms. The molecule has 10 aromatic carbocycles. The molecule has 66 heavy (non-hydrogen) atoms. The summed E-state index contributed by atoms with van der Waals surface area (Å²) in [7, 11) is 0. The molecular formula is C62H50N2O2. The van der Waals surface area contributed by atoms with Crippen LogP contribution in [0.5, 0.6) is 0 Å². The third kappa shape index (κ3) is 5.97. The topological polar surface area (TPSA) is 32.8 Å². The van der Waals surface area contributed by atoms with E-state index < -0.39 is 0 Å². The van der Waals surface area contributed by atoms with Crippen molar-refractivity contribution in [2.24, 2.45) is 0 Å². The molecule has 1 saturated carbocycles. The van der Waals surface area contributed by atoms with Gasteiger partial charge in [0.05, 0.1) is 22.7 Å². The fraction of sp³-hybridized carbons (Fsp3) is 0.161. The molecule has 0 N–H and O–H groups in total. The zero-order chi connectivity index (χ0) is 44.2. The van der Waals surface area contributed by atoms with Crippen LogP contribution in [0.3, 0.4) is 0 Å². The molecule has 1 aliphatic rings. The Morgan fingerprint density at radius 2 is 0.864 bits per heavy atom. The highest BCUT2D eigenvalue weighted by Crippen LogP contribution is 2.53. The van der Waals surface area contributed by atoms with Crippen molar-refractivity contribution in [3.8, 4) is 0 Å². The molecule has 0 amide bonds. The smallest absolute Gasteiger partial charge is 0.159 e. The molecule has 0 bridgehead atoms. The van der Waals surface area contributed by atoms with Crippen LogP contribution in [0.1, 0.15) is 65.8 Å². The monoisotopic (exact) mass is 854 g/mol. The lowest BCUT2D eigenvalue weighted by molar-refractivity contribution is 0.444. The summed E-state index contributed by atoms with van der Waals surface area (Å²) in [5, 5.41) is 11.9. The number of aryl methyl sites for hydroxylation is 4. The van der Waals surface area contributed by atoms with Crippen molar-refractivity contribution in [1.82, 2.24) is 0 Å². The number of anilines is 6. The fourth-order valence-electron chi connectivity index (χ4n) is 11.3. The second-order valence-corrected chi connectivity index (χ2v) is 18.9. The van der Waals surface area contributed by atoms with Gasteiger partial charge in [-0.2, -0.15) is 0 Å². The van der Waals surface area contributed by atoms with E-state index in [1.807, 2.05) is 0 Å². The van der Waals surface area contributed by atoms with E-state index in [1.54, 1.807) is 0 Å². The first kappa shape index (κ1) is 38.9. The van der Waals surface area contributed by atoms with Crippen LogP contribution in [-0.4, -0.2) is 0 Å². The van der Waals surface area contributed by atoms with Gasteiger partial charge in [0.1, 0.15) is 11.2 Å². The maximum absolute atomic E-state index is 6.91. The number of fused-ring (bicyclic) bond motifs is 6. The third-order valence-electron chi connectivity index (χ3n) is 15.0. The second kappa shape index (κ2) is 15.0. The van der Waals surface area contributed by atoms with E-state index in [9.17, 15) is 0 Å². The van der Waals surface area contributed by atoms with Gasteiger partial charge < -0.3 is 18.6 Å². The van der Waals surface area contributed by atoms with Crippen molar-refractivity contribution in [3.05, 3.63) is 192 Å². The van der Waals surface area contributed by atoms with Gasteiger partial charge in [0.2, 0.25) is 0 Å². The molecule has 0 saturated heterocycles. The first-order valence-electron chi connectivity index (χ1n) is 23.7. The van der Waals surface area contributed by atoms with Gasteiger partial charge >= 0.3 is 0 Å². The van der Waals surface area contributed by atoms with Crippen LogP contribution in [0.4, 0.5) is 34.1 Å². The van der Waals surface area contributed by atoms with E-state index >= 15 is 0 Å². The quantitative estimate of drug-likeness (QED) is 0.150. The highest BCUT2D eigenvalue weighted by atomic mass is 16.3. The van der Waals surface area contributed by atoms with Crippen molar-refractivity contribution >= 4 is 110 Å². The van der Waals surface area contributed by atoms with Crippen molar-refractivity contribution in [2.45, 2.75) is 65.7 Å². The predicted molar refractivity (Wildman–Crippen MR) is 279 cm³/mol. The van der Waals surface area contributed by atoms with E-state index in [1.165, 1.54) is 92.2 Å². The molecule has 2 heterocycles. The lowest BCUT2D eigenvalue weighted by Crippen LogP contribution is -2.15. The highest BCUT2D eigenvalue weighted by molar-refractivity contribution is 6.29. The summed E-state index contributed by atoms with van der Waals surface area (Å²) < 4.78 is 13.8. The first-order chi connectivity index (χ1) is 32.4. The van der Waals surface area contributed by atoms with E-state index in [-0.39, 0.29) is 0 Å². The van der Waals surface area contributed by atoms with Gasteiger partial charge in [-0.1, -0.05) is 128 Å². The lowest BCUT2D eigenvalue weighted by Gasteiger charge is -2.33. The Labute approximate surface area is 384 Å². The summed E-state index contributed by atoms with van der Waals surface area (Å²) in [4.78, 5) is 4.92. The third-order valence-corrected chi connectivity index (χ3v) is 15.0. The molecule has 4 nitrogen and oxygen atoms in total. The molecule has 0 aliphatic heterocycles. The van der Waals surface area contributed by atoms with Gasteiger partial charge in [-0.3, -0.25) is 0 Å². The summed E-state index contributed by atoms with van der Waals surface area (Å²) >= 11 is 0. The number of rotatable bonds is 7. The van der Waals surface area contributed by atoms with Gasteiger partial charge in [0.25, 0.3) is 0 Å². The lowest BCUT2D eigenvalue weighted by atomic mass is 9.82. The van der Waals surface area contributed by atoms with Crippen LogP contribution >= 0.6 is 0 Å². The van der Waals surface area contributed by atoms with Crippen molar-refractivity contribution in [2.75, 3.05) is 9.80 Å². The largest absolute Gasteiger partial charge is 0.454 e. The molecule has 320 valence electrons. The fourth-order valence-corrected chi connectivity index (χ4v) is 11.3. The Hall–Kier alpha value is -7.56. The minimum Gasteiger partial charge on any atom is -0.454 e. The normalized spacial score (nSPS) is 13.7. The Kier molecular flexibility index (Phi) is 8.83. The summed E-state index contributed by atoms with van der Waals surface area (Å²) in [5.74, 6) is 0.598. The highest BCUT2D eigenvalue weighted by Gasteiger charge is 2.29. The average molecular weight is 855 g/mol. The van der Waals surface area contributed by atoms with E-state index in [0.29, 0.717) is 5.92 Å². The molecule has 0 radical (unpaired) electrons. The number of furan rings is 2. The van der Waals surface area contributed by atoms with E-state index in [4.69, 9.17) is 8.83 Å². The Balaban J connectivity index is 1.18. The summed E-state index contributed by atoms with van der Waals surface area (Å²) in [6.45, 7) is 8.82. The first-order valence-corrected chi connectivity index (χ1v) is 23.7. The molecule has 1 aliphatic carbocycles. The Morgan fingerprint density at radius 1 is 0.379 bits per heavy atom. The van der Waals surface area contributed by atoms with E-state index in [2.05, 4.69) is 201 Å². The van der Waals surface area contributed by atoms with Gasteiger partial charge in [-0.15, -0.1) is 0 Å².